The maximum atomic E-state index is 12.2. The van der Waals surface area contributed by atoms with Gasteiger partial charge < -0.3 is 31.2 Å². The summed E-state index contributed by atoms with van der Waals surface area (Å²) in [5.41, 5.74) is 18.0. The minimum atomic E-state index is -1.14. The molecule has 6 N–H and O–H groups in total. The molecule has 79 heavy (non-hydrogen) atoms. The van der Waals surface area contributed by atoms with Crippen molar-refractivity contribution < 1.29 is 24.0 Å². The lowest BCUT2D eigenvalue weighted by Gasteiger charge is -2.32. The van der Waals surface area contributed by atoms with Crippen molar-refractivity contribution in [1.29, 1.82) is 0 Å². The molecule has 0 saturated carbocycles. The fourth-order valence-electron chi connectivity index (χ4n) is 6.75. The van der Waals surface area contributed by atoms with E-state index in [1.807, 2.05) is 100 Å². The molecule has 20 nitrogen and oxygen atoms in total. The van der Waals surface area contributed by atoms with Crippen LogP contribution in [0, 0.1) is 19.7 Å². The Morgan fingerprint density at radius 3 is 1.47 bits per heavy atom. The molecule has 0 radical (unpaired) electrons. The molecule has 0 spiro atoms. The first kappa shape index (κ1) is 60.2. The van der Waals surface area contributed by atoms with E-state index in [4.69, 9.17) is 45.6 Å². The van der Waals surface area contributed by atoms with Crippen molar-refractivity contribution in [3.8, 4) is 0 Å². The maximum absolute atomic E-state index is 12.2. The highest BCUT2D eigenvalue weighted by molar-refractivity contribution is 9.08. The summed E-state index contributed by atoms with van der Waals surface area (Å²) >= 11 is 3.32. The molecule has 1 fully saturated rings. The molecule has 1 saturated heterocycles. The molecule has 1 aliphatic rings. The number of carboxylic acids is 1. The Balaban J connectivity index is 0.000000190. The lowest BCUT2D eigenvalue weighted by atomic mass is 9.80. The zero-order valence-electron chi connectivity index (χ0n) is 44.0. The molecular formula is C57H55BBrN13O7. The highest BCUT2D eigenvalue weighted by atomic mass is 79.9. The number of anilines is 3. The normalized spacial score (nSPS) is 12.3. The minimum absolute atomic E-state index is 0.132. The number of rotatable bonds is 9. The van der Waals surface area contributed by atoms with Gasteiger partial charge >= 0.3 is 13.1 Å². The largest absolute Gasteiger partial charge is 0.496 e. The summed E-state index contributed by atoms with van der Waals surface area (Å²) < 4.78 is 13.8. The van der Waals surface area contributed by atoms with Crippen LogP contribution >= 0.6 is 15.9 Å². The van der Waals surface area contributed by atoms with Gasteiger partial charge in [0.25, 0.3) is 17.0 Å². The zero-order chi connectivity index (χ0) is 57.7. The highest BCUT2D eigenvalue weighted by Gasteiger charge is 2.51. The average Bonchev–Trinajstić information content (AvgIpc) is 3.81. The third kappa shape index (κ3) is 18.6. The quantitative estimate of drug-likeness (QED) is 0.0598. The average molecular weight is 1120 g/mol. The van der Waals surface area contributed by atoms with Gasteiger partial charge in [-0.1, -0.05) is 118 Å². The standard InChI is InChI=1S/C19H15N5O2.C13H11N3.C11H17BN2O2.C8H6BrN.C6H6N2O3/c1-20-15-5-3-4-13(11-15)10-14-6-8-17(21-12-14)22-19(26)16-7-9-18(25)24(2)23-16;1-15-12-4-2-3-10(8-12)7-11-5-6-13(14)16-9-11;1-10(2)11(3,4)16-12(15-10)8-5-6-9(13)14-7-8;1-10-8-4-2-3-7(5-8)6-9;1-8-5(9)3-2-4(7-8)6(10)11/h3-9,11-12H,10H2,2H3,(H,21,22,26);2-6,8-9H,7H2,(H2,14,16);5-7H,1-4H3,(H2,13,14);2-5H,6H2;2-3H,1H3,(H,10,11). The van der Waals surface area contributed by atoms with Crippen LogP contribution in [0.4, 0.5) is 34.5 Å². The molecule has 400 valence electrons. The van der Waals surface area contributed by atoms with Crippen LogP contribution in [0.2, 0.25) is 0 Å². The third-order valence-electron chi connectivity index (χ3n) is 11.7. The molecular weight excluding hydrogens is 1070 g/mol. The number of hydrogen-bond acceptors (Lipinski definition) is 13. The van der Waals surface area contributed by atoms with Crippen molar-refractivity contribution in [2.45, 2.75) is 57.1 Å². The van der Waals surface area contributed by atoms with Crippen molar-refractivity contribution in [3.63, 3.8) is 0 Å². The Kier molecular flexibility index (Phi) is 21.7. The van der Waals surface area contributed by atoms with Crippen LogP contribution < -0.4 is 33.4 Å². The third-order valence-corrected chi connectivity index (χ3v) is 12.4. The predicted molar refractivity (Wildman–Crippen MR) is 307 cm³/mol. The molecule has 1 amide bonds. The summed E-state index contributed by atoms with van der Waals surface area (Å²) in [6, 6.07) is 38.5. The molecule has 5 aromatic heterocycles. The van der Waals surface area contributed by atoms with Gasteiger partial charge in [-0.15, -0.1) is 0 Å². The predicted octanol–water partition coefficient (Wildman–Crippen LogP) is 8.95. The first-order valence-corrected chi connectivity index (χ1v) is 25.1. The van der Waals surface area contributed by atoms with Gasteiger partial charge in [-0.05, 0) is 87.6 Å². The van der Waals surface area contributed by atoms with E-state index in [1.54, 1.807) is 55.0 Å². The lowest BCUT2D eigenvalue weighted by Crippen LogP contribution is -2.41. The minimum Gasteiger partial charge on any atom is -0.476 e. The number of hydrogen-bond donors (Lipinski definition) is 4. The number of nitrogens with zero attached hydrogens (tertiary/aromatic N) is 10. The summed E-state index contributed by atoms with van der Waals surface area (Å²) in [7, 11) is 2.52. The van der Waals surface area contributed by atoms with Crippen LogP contribution in [0.1, 0.15) is 76.5 Å². The summed E-state index contributed by atoms with van der Waals surface area (Å²) in [4.78, 5) is 66.9. The topological polar surface area (TPSA) is 258 Å². The van der Waals surface area contributed by atoms with Gasteiger partial charge in [-0.3, -0.25) is 14.4 Å². The first-order valence-electron chi connectivity index (χ1n) is 23.9. The molecule has 0 unspecified atom stereocenters. The van der Waals surface area contributed by atoms with Crippen molar-refractivity contribution >= 4 is 74.9 Å². The van der Waals surface area contributed by atoms with Crippen LogP contribution in [0.25, 0.3) is 14.5 Å². The van der Waals surface area contributed by atoms with Crippen LogP contribution in [0.15, 0.2) is 162 Å². The number of benzene rings is 3. The maximum Gasteiger partial charge on any atom is 0.496 e. The number of carbonyl (C=O) groups excluding carboxylic acids is 1. The van der Waals surface area contributed by atoms with E-state index >= 15 is 0 Å². The highest BCUT2D eigenvalue weighted by Crippen LogP contribution is 2.36. The van der Waals surface area contributed by atoms with Gasteiger partial charge in [-0.25, -0.2) is 43.6 Å². The number of aromatic carboxylic acids is 1. The van der Waals surface area contributed by atoms with E-state index in [-0.39, 0.29) is 40.8 Å². The Morgan fingerprint density at radius 1 is 0.608 bits per heavy atom. The van der Waals surface area contributed by atoms with Crippen LogP contribution in [-0.2, 0) is 41.6 Å². The summed E-state index contributed by atoms with van der Waals surface area (Å²) in [5, 5.41) is 19.3. The molecule has 0 aliphatic carbocycles. The van der Waals surface area contributed by atoms with E-state index in [1.165, 1.54) is 32.3 Å². The second-order valence-corrected chi connectivity index (χ2v) is 18.8. The molecule has 6 heterocycles. The second kappa shape index (κ2) is 28.5. The molecule has 1 aliphatic heterocycles. The molecule has 0 bridgehead atoms. The second-order valence-electron chi connectivity index (χ2n) is 18.2. The van der Waals surface area contributed by atoms with Crippen LogP contribution in [-0.4, -0.2) is 69.8 Å². The number of nitrogens with two attached hydrogens (primary N) is 2. The number of amides is 1. The zero-order valence-corrected chi connectivity index (χ0v) is 45.6. The van der Waals surface area contributed by atoms with Gasteiger partial charge in [0.05, 0.1) is 30.9 Å². The lowest BCUT2D eigenvalue weighted by molar-refractivity contribution is 0.00578. The van der Waals surface area contributed by atoms with Gasteiger partial charge in [0.2, 0.25) is 0 Å². The molecule has 8 aromatic rings. The first-order chi connectivity index (χ1) is 37.6. The van der Waals surface area contributed by atoms with E-state index in [0.717, 1.165) is 60.5 Å². The smallest absolute Gasteiger partial charge is 0.476 e. The van der Waals surface area contributed by atoms with Gasteiger partial charge in [0.15, 0.2) is 22.8 Å². The fourth-order valence-corrected chi connectivity index (χ4v) is 7.10. The van der Waals surface area contributed by atoms with Crippen LogP contribution in [0.3, 0.4) is 0 Å². The SMILES string of the molecule is CC1(C)OB(c2ccc(N)nc2)OC1(C)C.Cn1nc(C(=O)O)ccc1=O.[C-]#[N+]c1cccc(CBr)c1.[C-]#[N+]c1cccc(Cc2ccc(N)nc2)c1.[C-]#[N+]c1cccc(Cc2ccc(NC(=O)c3ccc(=O)n(C)n3)nc2)c1. The monoisotopic (exact) mass is 1120 g/mol. The molecule has 3 aromatic carbocycles. The number of carboxylic acid groups (broad SMARTS) is 1. The van der Waals surface area contributed by atoms with E-state index in [9.17, 15) is 19.2 Å². The van der Waals surface area contributed by atoms with E-state index in [2.05, 4.69) is 60.9 Å². The summed E-state index contributed by atoms with van der Waals surface area (Å²) in [6.45, 7) is 28.8. The number of nitrogens with one attached hydrogen (secondary N) is 1. The number of alkyl halides is 1. The van der Waals surface area contributed by atoms with Gasteiger partial charge in [0, 0.05) is 55.6 Å². The van der Waals surface area contributed by atoms with Gasteiger partial charge in [-0.2, -0.15) is 10.2 Å². The Bertz CT molecular complexity index is 3610. The van der Waals surface area contributed by atoms with Crippen molar-refractivity contribution in [3.05, 3.63) is 246 Å². The number of carbonyl (C=O) groups is 2. The number of aromatic nitrogens is 7. The number of pyridine rings is 3. The van der Waals surface area contributed by atoms with Crippen molar-refractivity contribution in [2.24, 2.45) is 14.1 Å². The molecule has 22 heteroatoms. The van der Waals surface area contributed by atoms with E-state index in [0.29, 0.717) is 40.9 Å². The van der Waals surface area contributed by atoms with Gasteiger partial charge in [0.1, 0.15) is 23.1 Å². The van der Waals surface area contributed by atoms with Crippen LogP contribution in [0.5, 0.6) is 0 Å². The summed E-state index contributed by atoms with van der Waals surface area (Å²) in [5.74, 6) is -0.158. The Morgan fingerprint density at radius 2 is 1.05 bits per heavy atom. The van der Waals surface area contributed by atoms with E-state index < -0.39 is 11.9 Å². The molecule has 0 atom stereocenters. The molecule has 9 rings (SSSR count). The van der Waals surface area contributed by atoms with Crippen molar-refractivity contribution in [1.82, 2.24) is 34.5 Å². The Hall–Kier alpha value is -9.66. The Labute approximate surface area is 465 Å². The van der Waals surface area contributed by atoms with Crippen molar-refractivity contribution in [2.75, 3.05) is 16.8 Å². The number of nitrogen functional groups attached to an aromatic ring is 2. The number of aryl methyl sites for hydroxylation is 2. The fraction of sp³-hybridized carbons (Fsp3) is 0.193. The number of halogens is 1. The summed E-state index contributed by atoms with van der Waals surface area (Å²) in [6.07, 6.45) is 6.55.